The number of amides is 2. The molecule has 126 valence electrons. The third-order valence-electron chi connectivity index (χ3n) is 4.34. The molecule has 0 radical (unpaired) electrons. The van der Waals surface area contributed by atoms with Gasteiger partial charge in [-0.25, -0.2) is 0 Å². The molecule has 6 nitrogen and oxygen atoms in total. The average molecular weight is 326 g/mol. The Balaban J connectivity index is 1.72. The van der Waals surface area contributed by atoms with E-state index in [-0.39, 0.29) is 18.4 Å². The van der Waals surface area contributed by atoms with Gasteiger partial charge >= 0.3 is 0 Å². The first-order valence-electron chi connectivity index (χ1n) is 8.29. The van der Waals surface area contributed by atoms with Gasteiger partial charge in [0.15, 0.2) is 0 Å². The zero-order chi connectivity index (χ0) is 17.1. The number of piperazine rings is 1. The highest BCUT2D eigenvalue weighted by atomic mass is 16.2. The van der Waals surface area contributed by atoms with Crippen molar-refractivity contribution in [3.8, 4) is 0 Å². The predicted molar refractivity (Wildman–Crippen MR) is 92.0 cm³/mol. The third-order valence-corrected chi connectivity index (χ3v) is 4.34. The zero-order valence-electron chi connectivity index (χ0n) is 14.1. The van der Waals surface area contributed by atoms with E-state index in [1.807, 2.05) is 41.9 Å². The topological polar surface area (TPSA) is 58.4 Å². The lowest BCUT2D eigenvalue weighted by atomic mass is 10.2. The third kappa shape index (κ3) is 3.04. The minimum Gasteiger partial charge on any atom is -0.327 e. The highest BCUT2D eigenvalue weighted by molar-refractivity contribution is 6.02. The Bertz CT molecular complexity index is 739. The van der Waals surface area contributed by atoms with E-state index in [9.17, 15) is 9.59 Å². The van der Waals surface area contributed by atoms with Gasteiger partial charge in [0.25, 0.3) is 5.91 Å². The second-order valence-corrected chi connectivity index (χ2v) is 5.97. The molecule has 1 fully saturated rings. The molecule has 1 aromatic carbocycles. The van der Waals surface area contributed by atoms with Crippen molar-refractivity contribution in [1.82, 2.24) is 14.7 Å². The van der Waals surface area contributed by atoms with Gasteiger partial charge in [-0.15, -0.1) is 0 Å². The number of benzene rings is 1. The predicted octanol–water partition coefficient (Wildman–Crippen LogP) is 2.09. The van der Waals surface area contributed by atoms with Crippen LogP contribution in [0.15, 0.2) is 36.5 Å². The van der Waals surface area contributed by atoms with Crippen LogP contribution >= 0.6 is 0 Å². The van der Waals surface area contributed by atoms with Gasteiger partial charge < -0.3 is 9.80 Å². The van der Waals surface area contributed by atoms with Crippen LogP contribution in [0.25, 0.3) is 0 Å². The summed E-state index contributed by atoms with van der Waals surface area (Å²) in [4.78, 5) is 28.5. The summed E-state index contributed by atoms with van der Waals surface area (Å²) in [7, 11) is 0. The van der Waals surface area contributed by atoms with Crippen LogP contribution in [0, 0.1) is 6.92 Å². The minimum absolute atomic E-state index is 0.0561. The van der Waals surface area contributed by atoms with Gasteiger partial charge in [0.2, 0.25) is 5.91 Å². The van der Waals surface area contributed by atoms with Crippen LogP contribution in [0.3, 0.4) is 0 Å². The number of hydrogen-bond acceptors (Lipinski definition) is 3. The Labute approximate surface area is 141 Å². The average Bonchev–Trinajstić information content (AvgIpc) is 2.96. The molecule has 0 spiro atoms. The second-order valence-electron chi connectivity index (χ2n) is 5.97. The number of rotatable bonds is 4. The van der Waals surface area contributed by atoms with E-state index >= 15 is 0 Å². The zero-order valence-corrected chi connectivity index (χ0v) is 14.1. The molecule has 24 heavy (non-hydrogen) atoms. The van der Waals surface area contributed by atoms with Crippen LogP contribution in [-0.2, 0) is 11.3 Å². The van der Waals surface area contributed by atoms with Gasteiger partial charge in [-0.3, -0.25) is 14.3 Å². The number of aromatic nitrogens is 2. The smallest absolute Gasteiger partial charge is 0.257 e. The van der Waals surface area contributed by atoms with Gasteiger partial charge in [0.05, 0.1) is 11.8 Å². The molecule has 0 saturated carbocycles. The number of anilines is 1. The molecule has 2 aromatic rings. The van der Waals surface area contributed by atoms with Crippen molar-refractivity contribution in [3.05, 3.63) is 47.8 Å². The summed E-state index contributed by atoms with van der Waals surface area (Å²) in [6.07, 6.45) is 2.58. The van der Waals surface area contributed by atoms with E-state index in [0.717, 1.165) is 24.3 Å². The summed E-state index contributed by atoms with van der Waals surface area (Å²) in [5.41, 5.74) is 2.32. The number of para-hydroxylation sites is 1. The van der Waals surface area contributed by atoms with Crippen LogP contribution in [0.1, 0.15) is 29.4 Å². The quantitative estimate of drug-likeness (QED) is 0.864. The highest BCUT2D eigenvalue weighted by Crippen LogP contribution is 2.18. The van der Waals surface area contributed by atoms with E-state index < -0.39 is 0 Å². The molecule has 1 aliphatic rings. The monoisotopic (exact) mass is 326 g/mol. The van der Waals surface area contributed by atoms with E-state index in [2.05, 4.69) is 12.0 Å². The first-order valence-corrected chi connectivity index (χ1v) is 8.29. The molecule has 0 atom stereocenters. The van der Waals surface area contributed by atoms with Crippen LogP contribution < -0.4 is 4.90 Å². The molecule has 3 rings (SSSR count). The molecule has 0 bridgehead atoms. The molecule has 2 amide bonds. The Morgan fingerprint density at radius 2 is 1.96 bits per heavy atom. The van der Waals surface area contributed by atoms with Crippen molar-refractivity contribution in [1.29, 1.82) is 0 Å². The lowest BCUT2D eigenvalue weighted by Crippen LogP contribution is -2.52. The van der Waals surface area contributed by atoms with E-state index in [4.69, 9.17) is 0 Å². The Hall–Kier alpha value is -2.63. The molecule has 1 aromatic heterocycles. The Morgan fingerprint density at radius 1 is 1.21 bits per heavy atom. The molecule has 6 heteroatoms. The van der Waals surface area contributed by atoms with Gasteiger partial charge in [0.1, 0.15) is 6.54 Å². The van der Waals surface area contributed by atoms with Crippen molar-refractivity contribution >= 4 is 17.5 Å². The first-order chi connectivity index (χ1) is 11.6. The normalized spacial score (nSPS) is 15.0. The molecular formula is C18H22N4O2. The summed E-state index contributed by atoms with van der Waals surface area (Å²) < 4.78 is 1.84. The number of nitrogens with zero attached hydrogens (tertiary/aromatic N) is 4. The van der Waals surface area contributed by atoms with Crippen LogP contribution in [0.5, 0.6) is 0 Å². The molecule has 1 aliphatic heterocycles. The molecule has 0 N–H and O–H groups in total. The van der Waals surface area contributed by atoms with Crippen molar-refractivity contribution in [2.24, 2.45) is 0 Å². The molecule has 1 saturated heterocycles. The maximum absolute atomic E-state index is 12.7. The summed E-state index contributed by atoms with van der Waals surface area (Å²) >= 11 is 0. The van der Waals surface area contributed by atoms with E-state index in [1.165, 1.54) is 0 Å². The largest absolute Gasteiger partial charge is 0.327 e. The van der Waals surface area contributed by atoms with Crippen molar-refractivity contribution < 1.29 is 9.59 Å². The van der Waals surface area contributed by atoms with Crippen LogP contribution in [-0.4, -0.2) is 46.1 Å². The Morgan fingerprint density at radius 3 is 2.62 bits per heavy atom. The van der Waals surface area contributed by atoms with Gasteiger partial charge in [-0.2, -0.15) is 5.10 Å². The maximum atomic E-state index is 12.7. The second kappa shape index (κ2) is 6.86. The number of carbonyl (C=O) groups is 2. The number of carbonyl (C=O) groups excluding carboxylic acids is 2. The fourth-order valence-electron chi connectivity index (χ4n) is 2.99. The molecule has 2 heterocycles. The summed E-state index contributed by atoms with van der Waals surface area (Å²) in [5, 5.41) is 4.28. The van der Waals surface area contributed by atoms with Crippen LogP contribution in [0.2, 0.25) is 0 Å². The maximum Gasteiger partial charge on any atom is 0.257 e. The lowest BCUT2D eigenvalue weighted by Gasteiger charge is -2.34. The Kier molecular flexibility index (Phi) is 4.64. The number of aryl methyl sites for hydroxylation is 1. The summed E-state index contributed by atoms with van der Waals surface area (Å²) in [5.74, 6) is -0.171. The highest BCUT2D eigenvalue weighted by Gasteiger charge is 2.29. The molecule has 0 unspecified atom stereocenters. The first kappa shape index (κ1) is 16.2. The van der Waals surface area contributed by atoms with Crippen molar-refractivity contribution in [2.45, 2.75) is 26.8 Å². The van der Waals surface area contributed by atoms with Crippen molar-refractivity contribution in [3.63, 3.8) is 0 Å². The summed E-state index contributed by atoms with van der Waals surface area (Å²) in [6, 6.07) is 9.56. The van der Waals surface area contributed by atoms with E-state index in [0.29, 0.717) is 18.7 Å². The standard InChI is InChI=1S/C18H22N4O2/c1-3-9-22-14(2)16(12-19-22)18(24)20-10-11-21(17(23)13-20)15-7-5-4-6-8-15/h4-8,12H,3,9-11,13H2,1-2H3. The minimum atomic E-state index is -0.115. The fourth-order valence-corrected chi connectivity index (χ4v) is 2.99. The molecule has 0 aliphatic carbocycles. The lowest BCUT2D eigenvalue weighted by molar-refractivity contribution is -0.120. The van der Waals surface area contributed by atoms with Gasteiger partial charge in [-0.1, -0.05) is 25.1 Å². The van der Waals surface area contributed by atoms with Gasteiger partial charge in [-0.05, 0) is 25.5 Å². The fraction of sp³-hybridized carbons (Fsp3) is 0.389. The number of hydrogen-bond donors (Lipinski definition) is 0. The summed E-state index contributed by atoms with van der Waals surface area (Å²) in [6.45, 7) is 5.91. The molecular weight excluding hydrogens is 304 g/mol. The van der Waals surface area contributed by atoms with E-state index in [1.54, 1.807) is 16.0 Å². The van der Waals surface area contributed by atoms with Crippen molar-refractivity contribution in [2.75, 3.05) is 24.5 Å². The van der Waals surface area contributed by atoms with Gasteiger partial charge in [0, 0.05) is 31.0 Å². The van der Waals surface area contributed by atoms with Crippen LogP contribution in [0.4, 0.5) is 5.69 Å². The SMILES string of the molecule is CCCn1ncc(C(=O)N2CCN(c3ccccc3)C(=O)C2)c1C.